The Balaban J connectivity index is 2.43. The van der Waals surface area contributed by atoms with Crippen molar-refractivity contribution in [3.8, 4) is 0 Å². The molecule has 2 nitrogen and oxygen atoms in total. The van der Waals surface area contributed by atoms with E-state index in [-0.39, 0.29) is 0 Å². The van der Waals surface area contributed by atoms with Crippen LogP contribution in [0.5, 0.6) is 0 Å². The van der Waals surface area contributed by atoms with Crippen LogP contribution in [0.2, 0.25) is 0 Å². The average molecular weight is 268 g/mol. The van der Waals surface area contributed by atoms with E-state index in [4.69, 9.17) is 5.73 Å². The molecule has 1 saturated carbocycles. The third-order valence-corrected chi connectivity index (χ3v) is 5.19. The van der Waals surface area contributed by atoms with Gasteiger partial charge in [0.25, 0.3) is 0 Å². The van der Waals surface area contributed by atoms with E-state index in [2.05, 4.69) is 33.0 Å². The first-order chi connectivity index (χ1) is 9.01. The quantitative estimate of drug-likeness (QED) is 0.689. The second kappa shape index (κ2) is 8.26. The van der Waals surface area contributed by atoms with Gasteiger partial charge in [-0.15, -0.1) is 0 Å². The second-order valence-corrected chi connectivity index (χ2v) is 7.40. The fourth-order valence-electron chi connectivity index (χ4n) is 3.68. The molecular formula is C17H36N2. The summed E-state index contributed by atoms with van der Waals surface area (Å²) in [6.45, 7) is 12.5. The van der Waals surface area contributed by atoms with Crippen LogP contribution in [0.3, 0.4) is 0 Å². The molecule has 0 aliphatic heterocycles. The molecule has 0 radical (unpaired) electrons. The van der Waals surface area contributed by atoms with E-state index in [1.807, 2.05) is 0 Å². The van der Waals surface area contributed by atoms with E-state index in [1.54, 1.807) is 0 Å². The molecule has 0 aromatic carbocycles. The van der Waals surface area contributed by atoms with Gasteiger partial charge in [-0.05, 0) is 49.1 Å². The van der Waals surface area contributed by atoms with Crippen molar-refractivity contribution in [1.82, 2.24) is 5.32 Å². The van der Waals surface area contributed by atoms with E-state index in [9.17, 15) is 0 Å². The summed E-state index contributed by atoms with van der Waals surface area (Å²) in [6, 6.07) is 0. The van der Waals surface area contributed by atoms with Crippen molar-refractivity contribution < 1.29 is 0 Å². The molecular weight excluding hydrogens is 232 g/mol. The molecule has 0 unspecified atom stereocenters. The Morgan fingerprint density at radius 2 is 1.47 bits per heavy atom. The van der Waals surface area contributed by atoms with Crippen molar-refractivity contribution in [2.45, 2.75) is 66.2 Å². The summed E-state index contributed by atoms with van der Waals surface area (Å²) in [5.41, 5.74) is 6.49. The molecule has 0 amide bonds. The molecule has 1 rings (SSSR count). The van der Waals surface area contributed by atoms with Crippen LogP contribution in [0.4, 0.5) is 0 Å². The summed E-state index contributed by atoms with van der Waals surface area (Å²) in [6.07, 6.45) is 8.20. The van der Waals surface area contributed by atoms with Gasteiger partial charge in [-0.25, -0.2) is 0 Å². The Morgan fingerprint density at radius 1 is 0.947 bits per heavy atom. The van der Waals surface area contributed by atoms with Crippen LogP contribution >= 0.6 is 0 Å². The van der Waals surface area contributed by atoms with E-state index in [0.29, 0.717) is 5.41 Å². The zero-order chi connectivity index (χ0) is 14.3. The predicted molar refractivity (Wildman–Crippen MR) is 85.2 cm³/mol. The van der Waals surface area contributed by atoms with Gasteiger partial charge in [0.2, 0.25) is 0 Å². The average Bonchev–Trinajstić information content (AvgIpc) is 2.60. The van der Waals surface area contributed by atoms with Crippen LogP contribution in [-0.4, -0.2) is 19.6 Å². The van der Waals surface area contributed by atoms with Crippen molar-refractivity contribution in [2.24, 2.45) is 28.9 Å². The highest BCUT2D eigenvalue weighted by molar-refractivity contribution is 4.85. The van der Waals surface area contributed by atoms with Gasteiger partial charge in [0.1, 0.15) is 0 Å². The van der Waals surface area contributed by atoms with Gasteiger partial charge in [-0.2, -0.15) is 0 Å². The first-order valence-corrected chi connectivity index (χ1v) is 8.41. The lowest BCUT2D eigenvalue weighted by molar-refractivity contribution is 0.215. The molecule has 1 aliphatic carbocycles. The first-order valence-electron chi connectivity index (χ1n) is 8.41. The van der Waals surface area contributed by atoms with Crippen LogP contribution in [0.1, 0.15) is 66.2 Å². The van der Waals surface area contributed by atoms with E-state index in [1.165, 1.54) is 38.5 Å². The molecule has 2 heteroatoms. The van der Waals surface area contributed by atoms with Crippen LogP contribution in [0.25, 0.3) is 0 Å². The van der Waals surface area contributed by atoms with Gasteiger partial charge < -0.3 is 11.1 Å². The number of hydrogen-bond donors (Lipinski definition) is 2. The van der Waals surface area contributed by atoms with Crippen molar-refractivity contribution in [1.29, 1.82) is 0 Å². The predicted octanol–water partition coefficient (Wildman–Crippen LogP) is 3.80. The minimum absolute atomic E-state index is 0.384. The third-order valence-electron chi connectivity index (χ3n) is 5.19. The number of rotatable bonds is 7. The first kappa shape index (κ1) is 17.0. The Bertz CT molecular complexity index is 219. The lowest BCUT2D eigenvalue weighted by Crippen LogP contribution is -2.42. The van der Waals surface area contributed by atoms with Gasteiger partial charge in [0.15, 0.2) is 0 Å². The van der Waals surface area contributed by atoms with Crippen molar-refractivity contribution in [3.05, 3.63) is 0 Å². The SMILES string of the molecule is CC(C)C(CNCC1(CN)CCCCCC1)C(C)C. The topological polar surface area (TPSA) is 38.0 Å². The van der Waals surface area contributed by atoms with Gasteiger partial charge in [0.05, 0.1) is 0 Å². The molecule has 1 aliphatic rings. The maximum atomic E-state index is 6.10. The Morgan fingerprint density at radius 3 is 1.89 bits per heavy atom. The lowest BCUT2D eigenvalue weighted by atomic mass is 9.79. The molecule has 0 heterocycles. The number of nitrogens with one attached hydrogen (secondary N) is 1. The molecule has 0 atom stereocenters. The van der Waals surface area contributed by atoms with Gasteiger partial charge in [-0.3, -0.25) is 0 Å². The molecule has 1 fully saturated rings. The molecule has 0 saturated heterocycles. The van der Waals surface area contributed by atoms with Gasteiger partial charge >= 0.3 is 0 Å². The smallest absolute Gasteiger partial charge is 0.00200 e. The minimum atomic E-state index is 0.384. The summed E-state index contributed by atoms with van der Waals surface area (Å²) in [5, 5.41) is 3.76. The summed E-state index contributed by atoms with van der Waals surface area (Å²) < 4.78 is 0. The zero-order valence-electron chi connectivity index (χ0n) is 13.7. The molecule has 0 bridgehead atoms. The van der Waals surface area contributed by atoms with Crippen LogP contribution in [-0.2, 0) is 0 Å². The summed E-state index contributed by atoms with van der Waals surface area (Å²) in [5.74, 6) is 2.30. The van der Waals surface area contributed by atoms with Gasteiger partial charge in [-0.1, -0.05) is 53.4 Å². The number of hydrogen-bond acceptors (Lipinski definition) is 2. The van der Waals surface area contributed by atoms with E-state index < -0.39 is 0 Å². The lowest BCUT2D eigenvalue weighted by Gasteiger charge is -2.33. The normalized spacial score (nSPS) is 20.2. The Labute approximate surface area is 120 Å². The number of nitrogens with two attached hydrogens (primary N) is 1. The largest absolute Gasteiger partial charge is 0.330 e. The molecule has 0 spiro atoms. The molecule has 3 N–H and O–H groups in total. The van der Waals surface area contributed by atoms with E-state index >= 15 is 0 Å². The van der Waals surface area contributed by atoms with Crippen molar-refractivity contribution >= 4 is 0 Å². The van der Waals surface area contributed by atoms with E-state index in [0.717, 1.165) is 37.4 Å². The fourth-order valence-corrected chi connectivity index (χ4v) is 3.68. The maximum absolute atomic E-state index is 6.10. The highest BCUT2D eigenvalue weighted by atomic mass is 14.9. The van der Waals surface area contributed by atoms with Gasteiger partial charge in [0, 0.05) is 6.54 Å². The van der Waals surface area contributed by atoms with Crippen molar-refractivity contribution in [2.75, 3.05) is 19.6 Å². The standard InChI is InChI=1S/C17H36N2/c1-14(2)16(15(3)4)11-19-13-17(12-18)9-7-5-6-8-10-17/h14-16,19H,5-13,18H2,1-4H3. The van der Waals surface area contributed by atoms with Crippen molar-refractivity contribution in [3.63, 3.8) is 0 Å². The highest BCUT2D eigenvalue weighted by Gasteiger charge is 2.29. The molecule has 19 heavy (non-hydrogen) atoms. The molecule has 114 valence electrons. The minimum Gasteiger partial charge on any atom is -0.330 e. The van der Waals surface area contributed by atoms with Crippen LogP contribution in [0.15, 0.2) is 0 Å². The summed E-state index contributed by atoms with van der Waals surface area (Å²) in [7, 11) is 0. The zero-order valence-corrected chi connectivity index (χ0v) is 13.7. The fraction of sp³-hybridized carbons (Fsp3) is 1.00. The molecule has 0 aromatic rings. The van der Waals surface area contributed by atoms with Crippen LogP contribution in [0, 0.1) is 23.2 Å². The third kappa shape index (κ3) is 5.43. The Kier molecular flexibility index (Phi) is 7.38. The second-order valence-electron chi connectivity index (χ2n) is 7.40. The molecule has 0 aromatic heterocycles. The van der Waals surface area contributed by atoms with Crippen LogP contribution < -0.4 is 11.1 Å². The summed E-state index contributed by atoms with van der Waals surface area (Å²) in [4.78, 5) is 0. The Hall–Kier alpha value is -0.0800. The highest BCUT2D eigenvalue weighted by Crippen LogP contribution is 2.33. The monoisotopic (exact) mass is 268 g/mol. The maximum Gasteiger partial charge on any atom is 0.00200 e. The summed E-state index contributed by atoms with van der Waals surface area (Å²) >= 11 is 0.